The number of amidine groups is 1. The first-order chi connectivity index (χ1) is 10.0. The molecule has 3 atom stereocenters. The van der Waals surface area contributed by atoms with E-state index in [1.165, 1.54) is 38.5 Å². The third kappa shape index (κ3) is 4.78. The quantitative estimate of drug-likeness (QED) is 0.296. The summed E-state index contributed by atoms with van der Waals surface area (Å²) in [5, 5.41) is 0. The Morgan fingerprint density at radius 1 is 1.30 bits per heavy atom. The summed E-state index contributed by atoms with van der Waals surface area (Å²) in [7, 11) is 0. The Labute approximate surface area is 164 Å². The summed E-state index contributed by atoms with van der Waals surface area (Å²) >= 11 is 0.457. The fourth-order valence-electron chi connectivity index (χ4n) is 6.32. The molecule has 3 N–H and O–H groups in total. The van der Waals surface area contributed by atoms with Crippen molar-refractivity contribution >= 4 is 24.0 Å². The third-order valence-electron chi connectivity index (χ3n) is 5.73. The zero-order chi connectivity index (χ0) is 16.2. The zero-order valence-corrected chi connectivity index (χ0v) is 18.1. The second-order valence-electron chi connectivity index (χ2n) is 8.68. The van der Waals surface area contributed by atoms with E-state index >= 15 is 0 Å². The molecule has 5 nitrogen and oxygen atoms in total. The van der Waals surface area contributed by atoms with Crippen LogP contribution in [0.15, 0.2) is 4.99 Å². The first-order valence-electron chi connectivity index (χ1n) is 7.98. The maximum absolute atomic E-state index is 10.8. The number of rotatable bonds is 5. The molecular formula is C15H26N2NaO3PS. The molecule has 0 spiro atoms. The van der Waals surface area contributed by atoms with Crippen LogP contribution in [0.2, 0.25) is 0 Å². The molecule has 0 aromatic rings. The third-order valence-corrected chi connectivity index (χ3v) is 7.85. The van der Waals surface area contributed by atoms with Crippen molar-refractivity contribution in [3.63, 3.8) is 0 Å². The van der Waals surface area contributed by atoms with E-state index in [0.717, 1.165) is 5.92 Å². The van der Waals surface area contributed by atoms with Crippen molar-refractivity contribution in [3.8, 4) is 0 Å². The Morgan fingerprint density at radius 3 is 2.35 bits per heavy atom. The van der Waals surface area contributed by atoms with Gasteiger partial charge in [-0.2, -0.15) is 0 Å². The van der Waals surface area contributed by atoms with Crippen LogP contribution in [0, 0.1) is 22.2 Å². The predicted octanol–water partition coefficient (Wildman–Crippen LogP) is -0.462. The fourth-order valence-corrected chi connectivity index (χ4v) is 7.60. The van der Waals surface area contributed by atoms with Crippen molar-refractivity contribution in [2.24, 2.45) is 32.9 Å². The molecule has 4 saturated carbocycles. The van der Waals surface area contributed by atoms with Crippen molar-refractivity contribution in [3.05, 3.63) is 0 Å². The van der Waals surface area contributed by atoms with Crippen molar-refractivity contribution in [2.75, 3.05) is 12.3 Å². The largest absolute Gasteiger partial charge is 1.00 e. The van der Waals surface area contributed by atoms with E-state index < -0.39 is 6.80 Å². The van der Waals surface area contributed by atoms with Crippen molar-refractivity contribution in [1.29, 1.82) is 0 Å². The number of hydrogen-bond donors (Lipinski definition) is 2. The summed E-state index contributed by atoms with van der Waals surface area (Å²) in [6, 6.07) is 0. The molecule has 4 aliphatic rings. The molecule has 0 aliphatic heterocycles. The van der Waals surface area contributed by atoms with E-state index in [1.54, 1.807) is 0 Å². The van der Waals surface area contributed by atoms with Gasteiger partial charge < -0.3 is 15.5 Å². The van der Waals surface area contributed by atoms with Crippen LogP contribution in [0.3, 0.4) is 0 Å². The van der Waals surface area contributed by atoms with Gasteiger partial charge in [0.2, 0.25) is 0 Å². The van der Waals surface area contributed by atoms with Gasteiger partial charge in [0, 0.05) is 6.54 Å². The summed E-state index contributed by atoms with van der Waals surface area (Å²) in [4.78, 5) is 24.0. The Morgan fingerprint density at radius 2 is 1.87 bits per heavy atom. The predicted molar refractivity (Wildman–Crippen MR) is 88.6 cm³/mol. The van der Waals surface area contributed by atoms with Crippen LogP contribution >= 0.6 is 18.2 Å². The van der Waals surface area contributed by atoms with Crippen LogP contribution in [-0.4, -0.2) is 23.0 Å². The van der Waals surface area contributed by atoms with Crippen LogP contribution in [-0.2, 0) is 4.57 Å². The summed E-state index contributed by atoms with van der Waals surface area (Å²) in [5.74, 6) is 1.18. The molecule has 0 saturated heterocycles. The molecule has 0 heterocycles. The number of aliphatic imine (C=N–C) groups is 1. The average Bonchev–Trinajstić information content (AvgIpc) is 2.28. The van der Waals surface area contributed by atoms with Crippen LogP contribution in [0.1, 0.15) is 52.4 Å². The molecule has 4 rings (SSSR count). The fraction of sp³-hybridized carbons (Fsp3) is 0.933. The standard InChI is InChI=1S/C15H27N2O3PS.Na/c1-13-3-11-4-14(2,7-13)9-15(5-11,8-13)10-17-12(16)6-22-21(18,19)20;/h11H,3-10H2,1-2H3,(H2,16,17)(H2,18,19,20);/q;+1/p-1. The van der Waals surface area contributed by atoms with Gasteiger partial charge in [-0.15, -0.1) is 0 Å². The Bertz CT molecular complexity index is 535. The number of hydrogen-bond acceptors (Lipinski definition) is 4. The SMILES string of the molecule is CC12CC3CC(C)(C1)CC(CN=C(N)CSP(=O)([O-])O)(C3)C2.[Na+]. The monoisotopic (exact) mass is 368 g/mol. The van der Waals surface area contributed by atoms with E-state index in [1.807, 2.05) is 0 Å². The maximum Gasteiger partial charge on any atom is 1.00 e. The van der Waals surface area contributed by atoms with Crippen LogP contribution in [0.4, 0.5) is 0 Å². The Balaban J connectivity index is 0.00000192. The zero-order valence-electron chi connectivity index (χ0n) is 14.4. The molecule has 0 amide bonds. The van der Waals surface area contributed by atoms with Crippen LogP contribution in [0.25, 0.3) is 0 Å². The summed E-state index contributed by atoms with van der Waals surface area (Å²) in [5.41, 5.74) is 6.98. The van der Waals surface area contributed by atoms with Gasteiger partial charge in [-0.1, -0.05) is 25.2 Å². The van der Waals surface area contributed by atoms with Crippen molar-refractivity contribution < 1.29 is 43.9 Å². The Hall–Kier alpha value is 0.970. The summed E-state index contributed by atoms with van der Waals surface area (Å²) in [6.45, 7) is 1.23. The van der Waals surface area contributed by atoms with E-state index in [9.17, 15) is 9.46 Å². The second-order valence-corrected chi connectivity index (χ2v) is 12.3. The smallest absolute Gasteiger partial charge is 0.770 e. The minimum atomic E-state index is -4.32. The van der Waals surface area contributed by atoms with Gasteiger partial charge in [0.05, 0.1) is 5.75 Å². The maximum atomic E-state index is 10.8. The molecular weight excluding hydrogens is 342 g/mol. The van der Waals surface area contributed by atoms with Gasteiger partial charge in [0.15, 0.2) is 6.80 Å². The molecule has 3 unspecified atom stereocenters. The van der Waals surface area contributed by atoms with Crippen LogP contribution in [0.5, 0.6) is 0 Å². The van der Waals surface area contributed by atoms with E-state index in [2.05, 4.69) is 18.8 Å². The number of nitrogens with two attached hydrogens (primary N) is 1. The van der Waals surface area contributed by atoms with E-state index in [-0.39, 0.29) is 40.7 Å². The Kier molecular flexibility index (Phi) is 5.83. The minimum absolute atomic E-state index is 0. The van der Waals surface area contributed by atoms with Gasteiger partial charge in [-0.3, -0.25) is 9.56 Å². The topological polar surface area (TPSA) is 98.7 Å². The molecule has 0 aromatic heterocycles. The molecule has 0 aromatic carbocycles. The molecule has 8 heteroatoms. The minimum Gasteiger partial charge on any atom is -0.770 e. The normalized spacial score (nSPS) is 44.7. The van der Waals surface area contributed by atoms with Gasteiger partial charge >= 0.3 is 29.6 Å². The number of nitrogens with zero attached hydrogens (tertiary/aromatic N) is 1. The molecule has 4 bridgehead atoms. The summed E-state index contributed by atoms with van der Waals surface area (Å²) in [6.07, 6.45) is 7.71. The van der Waals surface area contributed by atoms with Gasteiger partial charge in [0.1, 0.15) is 5.84 Å². The van der Waals surface area contributed by atoms with Crippen molar-refractivity contribution in [2.45, 2.75) is 52.4 Å². The molecule has 126 valence electrons. The van der Waals surface area contributed by atoms with Crippen LogP contribution < -0.4 is 40.2 Å². The van der Waals surface area contributed by atoms with Gasteiger partial charge in [0.25, 0.3) is 0 Å². The first kappa shape index (κ1) is 20.3. The molecule has 0 radical (unpaired) electrons. The summed E-state index contributed by atoms with van der Waals surface area (Å²) < 4.78 is 10.8. The van der Waals surface area contributed by atoms with E-state index in [0.29, 0.717) is 34.6 Å². The van der Waals surface area contributed by atoms with E-state index in [4.69, 9.17) is 10.6 Å². The van der Waals surface area contributed by atoms with Crippen molar-refractivity contribution in [1.82, 2.24) is 0 Å². The molecule has 4 fully saturated rings. The van der Waals surface area contributed by atoms with Gasteiger partial charge in [-0.05, 0) is 60.7 Å². The average molecular weight is 368 g/mol. The first-order valence-corrected chi connectivity index (χ1v) is 11.1. The molecule has 4 aliphatic carbocycles. The second kappa shape index (κ2) is 6.61. The van der Waals surface area contributed by atoms with Gasteiger partial charge in [-0.25, -0.2) is 0 Å². The molecule has 23 heavy (non-hydrogen) atoms.